The Morgan fingerprint density at radius 1 is 0.897 bits per heavy atom. The highest BCUT2D eigenvalue weighted by Gasteiger charge is 2.30. The summed E-state index contributed by atoms with van der Waals surface area (Å²) in [7, 11) is -3.65. The lowest BCUT2D eigenvalue weighted by atomic mass is 10.2. The molecule has 0 unspecified atom stereocenters. The Labute approximate surface area is 171 Å². The fourth-order valence-electron chi connectivity index (χ4n) is 3.96. The Bertz CT molecular complexity index is 1000. The average Bonchev–Trinajstić information content (AvgIpc) is 3.22. The van der Waals surface area contributed by atoms with Crippen molar-refractivity contribution in [1.29, 1.82) is 0 Å². The van der Waals surface area contributed by atoms with Crippen molar-refractivity contribution in [3.05, 3.63) is 41.3 Å². The van der Waals surface area contributed by atoms with E-state index in [1.807, 2.05) is 13.0 Å². The van der Waals surface area contributed by atoms with Crippen LogP contribution in [0.2, 0.25) is 0 Å². The van der Waals surface area contributed by atoms with Gasteiger partial charge in [-0.15, -0.1) is 0 Å². The molecule has 0 spiro atoms. The van der Waals surface area contributed by atoms with Crippen LogP contribution in [0.3, 0.4) is 0 Å². The van der Waals surface area contributed by atoms with Crippen molar-refractivity contribution in [2.75, 3.05) is 49.1 Å². The number of rotatable bonds is 4. The second kappa shape index (κ2) is 7.87. The molecule has 1 aromatic heterocycles. The van der Waals surface area contributed by atoms with Crippen molar-refractivity contribution in [2.24, 2.45) is 0 Å². The van der Waals surface area contributed by atoms with Gasteiger partial charge in [0.1, 0.15) is 11.6 Å². The van der Waals surface area contributed by atoms with Crippen molar-refractivity contribution < 1.29 is 12.8 Å². The number of benzene rings is 1. The van der Waals surface area contributed by atoms with Gasteiger partial charge < -0.3 is 9.80 Å². The van der Waals surface area contributed by atoms with Gasteiger partial charge in [-0.2, -0.15) is 9.29 Å². The van der Waals surface area contributed by atoms with Gasteiger partial charge in [0.25, 0.3) is 0 Å². The molecule has 2 aromatic rings. The van der Waals surface area contributed by atoms with Crippen molar-refractivity contribution in [3.8, 4) is 0 Å². The summed E-state index contributed by atoms with van der Waals surface area (Å²) >= 11 is 0. The summed E-state index contributed by atoms with van der Waals surface area (Å²) in [5.74, 6) is 1.17. The largest absolute Gasteiger partial charge is 0.354 e. The maximum atomic E-state index is 13.4. The molecule has 4 rings (SSSR count). The Morgan fingerprint density at radius 3 is 2.24 bits per heavy atom. The van der Waals surface area contributed by atoms with Crippen molar-refractivity contribution in [2.45, 2.75) is 31.6 Å². The van der Waals surface area contributed by atoms with Crippen LogP contribution in [0.4, 0.5) is 16.2 Å². The van der Waals surface area contributed by atoms with Crippen LogP contribution in [-0.2, 0) is 10.0 Å². The van der Waals surface area contributed by atoms with Crippen molar-refractivity contribution in [1.82, 2.24) is 14.3 Å². The predicted octanol–water partition coefficient (Wildman–Crippen LogP) is 2.34. The van der Waals surface area contributed by atoms with Gasteiger partial charge in [-0.25, -0.2) is 17.8 Å². The van der Waals surface area contributed by atoms with E-state index in [2.05, 4.69) is 14.8 Å². The lowest BCUT2D eigenvalue weighted by molar-refractivity contribution is 0.383. The minimum atomic E-state index is -3.65. The molecular weight excluding hydrogens is 393 g/mol. The quantitative estimate of drug-likeness (QED) is 0.758. The summed E-state index contributed by atoms with van der Waals surface area (Å²) in [6, 6.07) is 5.75. The molecule has 2 aliphatic heterocycles. The van der Waals surface area contributed by atoms with Crippen LogP contribution in [0.5, 0.6) is 0 Å². The third-order valence-corrected chi connectivity index (χ3v) is 7.59. The summed E-state index contributed by atoms with van der Waals surface area (Å²) in [6.07, 6.45) is 2.32. The number of aryl methyl sites for hydroxylation is 2. The Kier molecular flexibility index (Phi) is 5.44. The molecule has 2 aliphatic rings. The van der Waals surface area contributed by atoms with Crippen LogP contribution >= 0.6 is 0 Å². The average molecular weight is 420 g/mol. The lowest BCUT2D eigenvalue weighted by Crippen LogP contribution is -2.49. The van der Waals surface area contributed by atoms with E-state index in [0.717, 1.165) is 43.4 Å². The van der Waals surface area contributed by atoms with Crippen molar-refractivity contribution in [3.63, 3.8) is 0 Å². The molecule has 0 aliphatic carbocycles. The minimum Gasteiger partial charge on any atom is -0.354 e. The van der Waals surface area contributed by atoms with Crippen LogP contribution in [0.1, 0.15) is 24.1 Å². The molecular formula is C20H26FN5O2S. The summed E-state index contributed by atoms with van der Waals surface area (Å²) < 4.78 is 40.8. The zero-order valence-electron chi connectivity index (χ0n) is 16.8. The number of hydrogen-bond acceptors (Lipinski definition) is 6. The molecule has 7 nitrogen and oxygen atoms in total. The highest BCUT2D eigenvalue weighted by Crippen LogP contribution is 2.25. The third-order valence-electron chi connectivity index (χ3n) is 5.54. The van der Waals surface area contributed by atoms with Gasteiger partial charge in [-0.05, 0) is 50.5 Å². The molecule has 1 aromatic carbocycles. The monoisotopic (exact) mass is 419 g/mol. The maximum absolute atomic E-state index is 13.4. The Hall–Kier alpha value is -2.26. The number of nitrogens with zero attached hydrogens (tertiary/aromatic N) is 5. The molecule has 0 N–H and O–H groups in total. The molecule has 0 amide bonds. The van der Waals surface area contributed by atoms with Crippen LogP contribution in [-0.4, -0.2) is 62.0 Å². The third kappa shape index (κ3) is 4.06. The van der Waals surface area contributed by atoms with Gasteiger partial charge in [0.05, 0.1) is 4.90 Å². The predicted molar refractivity (Wildman–Crippen MR) is 110 cm³/mol. The summed E-state index contributed by atoms with van der Waals surface area (Å²) in [5, 5.41) is 0. The van der Waals surface area contributed by atoms with E-state index in [1.165, 1.54) is 22.5 Å². The molecule has 2 fully saturated rings. The van der Waals surface area contributed by atoms with Gasteiger partial charge in [0, 0.05) is 51.0 Å². The number of halogens is 1. The highest BCUT2D eigenvalue weighted by atomic mass is 32.2. The number of piperazine rings is 1. The number of aromatic nitrogens is 2. The number of sulfonamides is 1. The van der Waals surface area contributed by atoms with Crippen LogP contribution in [0, 0.1) is 19.7 Å². The second-order valence-electron chi connectivity index (χ2n) is 7.66. The summed E-state index contributed by atoms with van der Waals surface area (Å²) in [6.45, 7) is 7.36. The second-order valence-corrected chi connectivity index (χ2v) is 9.57. The molecule has 0 bridgehead atoms. The molecule has 0 radical (unpaired) electrons. The Balaban J connectivity index is 1.49. The highest BCUT2D eigenvalue weighted by molar-refractivity contribution is 7.89. The lowest BCUT2D eigenvalue weighted by Gasteiger charge is -2.35. The maximum Gasteiger partial charge on any atom is 0.243 e. The zero-order chi connectivity index (χ0) is 20.6. The van der Waals surface area contributed by atoms with Gasteiger partial charge in [-0.3, -0.25) is 0 Å². The first-order valence-electron chi connectivity index (χ1n) is 9.96. The van der Waals surface area contributed by atoms with Crippen molar-refractivity contribution >= 4 is 21.8 Å². The summed E-state index contributed by atoms with van der Waals surface area (Å²) in [5.41, 5.74) is 1.34. The minimum absolute atomic E-state index is 0.168. The molecule has 0 saturated carbocycles. The molecule has 2 saturated heterocycles. The number of hydrogen-bond donors (Lipinski definition) is 0. The van der Waals surface area contributed by atoms with E-state index in [0.29, 0.717) is 31.7 Å². The fourth-order valence-corrected chi connectivity index (χ4v) is 5.58. The van der Waals surface area contributed by atoms with E-state index in [1.54, 1.807) is 6.92 Å². The SMILES string of the molecule is Cc1cc(N2CCN(S(=O)(=O)c3ccc(F)cc3C)CC2)nc(N2CCCC2)n1. The molecule has 3 heterocycles. The molecule has 9 heteroatoms. The number of anilines is 2. The van der Waals surface area contributed by atoms with E-state index in [-0.39, 0.29) is 4.90 Å². The van der Waals surface area contributed by atoms with E-state index in [4.69, 9.17) is 4.98 Å². The zero-order valence-corrected chi connectivity index (χ0v) is 17.6. The standard InChI is InChI=1S/C20H26FN5O2S/c1-15-13-17(21)5-6-18(15)29(27,28)26-11-9-24(10-12-26)19-14-16(2)22-20(23-19)25-7-3-4-8-25/h5-6,13-14H,3-4,7-12H2,1-2H3. The normalized spacial score (nSPS) is 18.4. The van der Waals surface area contributed by atoms with E-state index in [9.17, 15) is 12.8 Å². The molecule has 0 atom stereocenters. The van der Waals surface area contributed by atoms with Crippen LogP contribution in [0.25, 0.3) is 0 Å². The van der Waals surface area contributed by atoms with Gasteiger partial charge >= 0.3 is 0 Å². The van der Waals surface area contributed by atoms with E-state index >= 15 is 0 Å². The first-order valence-corrected chi connectivity index (χ1v) is 11.4. The summed E-state index contributed by atoms with van der Waals surface area (Å²) in [4.78, 5) is 13.8. The Morgan fingerprint density at radius 2 is 1.59 bits per heavy atom. The molecule has 156 valence electrons. The van der Waals surface area contributed by atoms with Gasteiger partial charge in [0.15, 0.2) is 0 Å². The van der Waals surface area contributed by atoms with Gasteiger partial charge in [0.2, 0.25) is 16.0 Å². The topological polar surface area (TPSA) is 69.6 Å². The van der Waals surface area contributed by atoms with Crippen LogP contribution < -0.4 is 9.80 Å². The first-order chi connectivity index (χ1) is 13.8. The first kappa shape index (κ1) is 20.0. The fraction of sp³-hybridized carbons (Fsp3) is 0.500. The molecule has 29 heavy (non-hydrogen) atoms. The van der Waals surface area contributed by atoms with Gasteiger partial charge in [-0.1, -0.05) is 0 Å². The van der Waals surface area contributed by atoms with E-state index < -0.39 is 15.8 Å². The smallest absolute Gasteiger partial charge is 0.243 e. The van der Waals surface area contributed by atoms with Crippen LogP contribution in [0.15, 0.2) is 29.2 Å².